The van der Waals surface area contributed by atoms with Crippen molar-refractivity contribution in [2.75, 3.05) is 6.54 Å². The van der Waals surface area contributed by atoms with Crippen LogP contribution in [0.25, 0.3) is 10.2 Å². The fourth-order valence-corrected chi connectivity index (χ4v) is 4.86. The van der Waals surface area contributed by atoms with Crippen molar-refractivity contribution in [1.82, 2.24) is 14.9 Å². The first-order valence-electron chi connectivity index (χ1n) is 8.82. The summed E-state index contributed by atoms with van der Waals surface area (Å²) in [5.74, 6) is 0.909. The molecular formula is C20H25N3OS2. The summed E-state index contributed by atoms with van der Waals surface area (Å²) in [6, 6.07) is 4.10. The van der Waals surface area contributed by atoms with E-state index in [0.717, 1.165) is 32.2 Å². The number of carbonyl (C=O) groups excluding carboxylic acids is 1. The SMILES string of the molecule is CCN(Cc1cccs1)C(=O)c1sc2nc(C(C)(C)C)nc(C)c2c1C. The summed E-state index contributed by atoms with van der Waals surface area (Å²) < 4.78 is 0. The topological polar surface area (TPSA) is 46.1 Å². The monoisotopic (exact) mass is 387 g/mol. The number of nitrogens with zero attached hydrogens (tertiary/aromatic N) is 3. The molecule has 0 saturated heterocycles. The van der Waals surface area contributed by atoms with Gasteiger partial charge in [0, 0.05) is 22.2 Å². The lowest BCUT2D eigenvalue weighted by Crippen LogP contribution is -2.29. The number of rotatable bonds is 4. The summed E-state index contributed by atoms with van der Waals surface area (Å²) in [4.78, 5) is 27.4. The highest BCUT2D eigenvalue weighted by molar-refractivity contribution is 7.20. The Bertz CT molecular complexity index is 936. The quantitative estimate of drug-likeness (QED) is 0.608. The van der Waals surface area contributed by atoms with Crippen LogP contribution in [0.5, 0.6) is 0 Å². The molecule has 4 nitrogen and oxygen atoms in total. The number of carbonyl (C=O) groups is 1. The van der Waals surface area contributed by atoms with E-state index < -0.39 is 0 Å². The van der Waals surface area contributed by atoms with Gasteiger partial charge in [-0.25, -0.2) is 9.97 Å². The van der Waals surface area contributed by atoms with E-state index in [0.29, 0.717) is 13.1 Å². The van der Waals surface area contributed by atoms with Gasteiger partial charge >= 0.3 is 0 Å². The highest BCUT2D eigenvalue weighted by Crippen LogP contribution is 2.34. The molecule has 3 heterocycles. The van der Waals surface area contributed by atoms with Gasteiger partial charge in [-0.3, -0.25) is 4.79 Å². The Hall–Kier alpha value is -1.79. The van der Waals surface area contributed by atoms with Crippen molar-refractivity contribution in [1.29, 1.82) is 0 Å². The first-order chi connectivity index (χ1) is 12.2. The molecule has 0 aliphatic rings. The summed E-state index contributed by atoms with van der Waals surface area (Å²) in [7, 11) is 0. The van der Waals surface area contributed by atoms with E-state index in [-0.39, 0.29) is 11.3 Å². The van der Waals surface area contributed by atoms with E-state index in [1.807, 2.05) is 37.1 Å². The van der Waals surface area contributed by atoms with Gasteiger partial charge in [-0.1, -0.05) is 26.8 Å². The van der Waals surface area contributed by atoms with E-state index in [2.05, 4.69) is 26.8 Å². The van der Waals surface area contributed by atoms with E-state index in [9.17, 15) is 4.79 Å². The molecule has 0 bridgehead atoms. The lowest BCUT2D eigenvalue weighted by Gasteiger charge is -2.19. The van der Waals surface area contributed by atoms with Gasteiger partial charge in [-0.05, 0) is 37.8 Å². The van der Waals surface area contributed by atoms with Crippen LogP contribution in [0, 0.1) is 13.8 Å². The maximum absolute atomic E-state index is 13.2. The second-order valence-corrected chi connectivity index (χ2v) is 9.55. The van der Waals surface area contributed by atoms with Crippen molar-refractivity contribution in [3.63, 3.8) is 0 Å². The molecule has 0 saturated carbocycles. The highest BCUT2D eigenvalue weighted by Gasteiger charge is 2.25. The van der Waals surface area contributed by atoms with Crippen molar-refractivity contribution in [2.24, 2.45) is 0 Å². The molecule has 0 radical (unpaired) electrons. The Kier molecular flexibility index (Phi) is 5.17. The molecule has 0 spiro atoms. The molecule has 138 valence electrons. The maximum atomic E-state index is 13.2. The van der Waals surface area contributed by atoms with Crippen molar-refractivity contribution in [2.45, 2.75) is 53.5 Å². The lowest BCUT2D eigenvalue weighted by atomic mass is 9.95. The smallest absolute Gasteiger partial charge is 0.264 e. The summed E-state index contributed by atoms with van der Waals surface area (Å²) >= 11 is 3.18. The van der Waals surface area contributed by atoms with Crippen molar-refractivity contribution in [3.05, 3.63) is 44.3 Å². The zero-order chi connectivity index (χ0) is 19.1. The zero-order valence-corrected chi connectivity index (χ0v) is 17.8. The largest absolute Gasteiger partial charge is 0.333 e. The highest BCUT2D eigenvalue weighted by atomic mass is 32.1. The van der Waals surface area contributed by atoms with Crippen LogP contribution in [-0.4, -0.2) is 27.3 Å². The molecule has 3 aromatic rings. The summed E-state index contributed by atoms with van der Waals surface area (Å²) in [5.41, 5.74) is 1.84. The molecule has 0 atom stereocenters. The minimum Gasteiger partial charge on any atom is -0.333 e. The van der Waals surface area contributed by atoms with Crippen molar-refractivity contribution < 1.29 is 4.79 Å². The normalized spacial score (nSPS) is 11.9. The molecule has 1 amide bonds. The Labute approximate surface area is 162 Å². The van der Waals surface area contributed by atoms with Gasteiger partial charge in [-0.15, -0.1) is 22.7 Å². The van der Waals surface area contributed by atoms with Crippen LogP contribution in [0.2, 0.25) is 0 Å². The number of amides is 1. The predicted molar refractivity (Wildman–Crippen MR) is 110 cm³/mol. The number of hydrogen-bond donors (Lipinski definition) is 0. The average Bonchev–Trinajstić information content (AvgIpc) is 3.19. The Morgan fingerprint density at radius 1 is 1.23 bits per heavy atom. The summed E-state index contributed by atoms with van der Waals surface area (Å²) in [6.07, 6.45) is 0. The van der Waals surface area contributed by atoms with E-state index in [1.54, 1.807) is 11.3 Å². The Morgan fingerprint density at radius 2 is 1.96 bits per heavy atom. The Morgan fingerprint density at radius 3 is 2.54 bits per heavy atom. The number of fused-ring (bicyclic) bond motifs is 1. The van der Waals surface area contributed by atoms with Crippen LogP contribution in [0.15, 0.2) is 17.5 Å². The van der Waals surface area contributed by atoms with Crippen LogP contribution < -0.4 is 0 Å². The molecule has 26 heavy (non-hydrogen) atoms. The lowest BCUT2D eigenvalue weighted by molar-refractivity contribution is 0.0758. The summed E-state index contributed by atoms with van der Waals surface area (Å²) in [5, 5.41) is 3.07. The fraction of sp³-hybridized carbons (Fsp3) is 0.450. The van der Waals surface area contributed by atoms with Crippen LogP contribution in [0.1, 0.15) is 59.3 Å². The van der Waals surface area contributed by atoms with Crippen LogP contribution >= 0.6 is 22.7 Å². The van der Waals surface area contributed by atoms with Gasteiger partial charge in [0.2, 0.25) is 0 Å². The molecule has 6 heteroatoms. The maximum Gasteiger partial charge on any atom is 0.264 e. The second-order valence-electron chi connectivity index (χ2n) is 7.52. The molecule has 0 aromatic carbocycles. The van der Waals surface area contributed by atoms with Gasteiger partial charge < -0.3 is 4.90 Å². The molecule has 0 aliphatic heterocycles. The van der Waals surface area contributed by atoms with E-state index in [4.69, 9.17) is 9.97 Å². The van der Waals surface area contributed by atoms with Crippen molar-refractivity contribution >= 4 is 38.8 Å². The summed E-state index contributed by atoms with van der Waals surface area (Å²) in [6.45, 7) is 13.7. The zero-order valence-electron chi connectivity index (χ0n) is 16.2. The first kappa shape index (κ1) is 19.0. The number of thiophene rings is 2. The first-order valence-corrected chi connectivity index (χ1v) is 10.5. The van der Waals surface area contributed by atoms with Gasteiger partial charge in [-0.2, -0.15) is 0 Å². The van der Waals surface area contributed by atoms with Crippen LogP contribution in [-0.2, 0) is 12.0 Å². The minimum atomic E-state index is -0.115. The molecule has 3 aromatic heterocycles. The van der Waals surface area contributed by atoms with Crippen molar-refractivity contribution in [3.8, 4) is 0 Å². The minimum absolute atomic E-state index is 0.0816. The fourth-order valence-electron chi connectivity index (χ4n) is 2.94. The molecule has 3 rings (SSSR count). The van der Waals surface area contributed by atoms with Gasteiger partial charge in [0.1, 0.15) is 10.7 Å². The number of hydrogen-bond acceptors (Lipinski definition) is 5. The third-order valence-corrected chi connectivity index (χ3v) is 6.47. The van der Waals surface area contributed by atoms with E-state index >= 15 is 0 Å². The molecule has 0 unspecified atom stereocenters. The molecule has 0 fully saturated rings. The van der Waals surface area contributed by atoms with E-state index in [1.165, 1.54) is 16.2 Å². The third-order valence-electron chi connectivity index (χ3n) is 4.43. The predicted octanol–water partition coefficient (Wildman–Crippen LogP) is 5.33. The van der Waals surface area contributed by atoms with Crippen LogP contribution in [0.4, 0.5) is 0 Å². The number of aryl methyl sites for hydroxylation is 2. The molecule has 0 aliphatic carbocycles. The standard InChI is InChI=1S/C20H25N3OS2/c1-7-23(11-14-9-8-10-25-14)18(24)16-12(2)15-13(3)21-19(20(4,5)6)22-17(15)26-16/h8-10H,7,11H2,1-6H3. The van der Waals surface area contributed by atoms with Gasteiger partial charge in [0.15, 0.2) is 0 Å². The molecular weight excluding hydrogens is 362 g/mol. The van der Waals surface area contributed by atoms with Gasteiger partial charge in [0.05, 0.1) is 17.1 Å². The second kappa shape index (κ2) is 7.08. The van der Waals surface area contributed by atoms with Crippen LogP contribution in [0.3, 0.4) is 0 Å². The third kappa shape index (κ3) is 3.53. The number of aromatic nitrogens is 2. The molecule has 0 N–H and O–H groups in total. The Balaban J connectivity index is 2.03. The van der Waals surface area contributed by atoms with Gasteiger partial charge in [0.25, 0.3) is 5.91 Å². The average molecular weight is 388 g/mol.